The van der Waals surface area contributed by atoms with Gasteiger partial charge in [-0.3, -0.25) is 4.79 Å². The highest BCUT2D eigenvalue weighted by atomic mass is 16.4. The predicted molar refractivity (Wildman–Crippen MR) is 63.4 cm³/mol. The fraction of sp³-hybridized carbons (Fsp3) is 0.667. The summed E-state index contributed by atoms with van der Waals surface area (Å²) in [6.45, 7) is 2.23. The van der Waals surface area contributed by atoms with E-state index in [4.69, 9.17) is 5.11 Å². The van der Waals surface area contributed by atoms with Gasteiger partial charge in [0.1, 0.15) is 0 Å². The maximum atomic E-state index is 11.5. The molecule has 0 bridgehead atoms. The number of hydrogen-bond donors (Lipinski definition) is 3. The zero-order valence-electron chi connectivity index (χ0n) is 10.0. The number of carbonyl (C=O) groups excluding carboxylic acids is 1. The molecule has 2 amide bonds. The minimum absolute atomic E-state index is 0.00478. The SMILES string of the molecule is CC#CCCNC(=O)NC1(CC(=O)O)CCC1. The van der Waals surface area contributed by atoms with Gasteiger partial charge in [0.2, 0.25) is 0 Å². The van der Waals surface area contributed by atoms with E-state index in [0.717, 1.165) is 19.3 Å². The average molecular weight is 238 g/mol. The highest BCUT2D eigenvalue weighted by Gasteiger charge is 2.40. The third kappa shape index (κ3) is 4.35. The molecule has 0 heterocycles. The van der Waals surface area contributed by atoms with E-state index in [0.29, 0.717) is 13.0 Å². The molecule has 0 radical (unpaired) electrons. The molecular weight excluding hydrogens is 220 g/mol. The molecule has 5 nitrogen and oxygen atoms in total. The van der Waals surface area contributed by atoms with Crippen LogP contribution in [0.4, 0.5) is 4.79 Å². The lowest BCUT2D eigenvalue weighted by Gasteiger charge is -2.41. The van der Waals surface area contributed by atoms with Gasteiger partial charge < -0.3 is 15.7 Å². The van der Waals surface area contributed by atoms with E-state index in [-0.39, 0.29) is 12.5 Å². The van der Waals surface area contributed by atoms with Crippen LogP contribution in [-0.2, 0) is 4.79 Å². The Bertz CT molecular complexity index is 350. The number of aliphatic carboxylic acids is 1. The van der Waals surface area contributed by atoms with Crippen molar-refractivity contribution in [3.05, 3.63) is 0 Å². The van der Waals surface area contributed by atoms with Crippen LogP contribution in [0.2, 0.25) is 0 Å². The first-order valence-electron chi connectivity index (χ1n) is 5.75. The number of carboxylic acids is 1. The Morgan fingerprint density at radius 2 is 2.12 bits per heavy atom. The van der Waals surface area contributed by atoms with Crippen molar-refractivity contribution in [1.29, 1.82) is 0 Å². The van der Waals surface area contributed by atoms with Crippen LogP contribution in [0.25, 0.3) is 0 Å². The summed E-state index contributed by atoms with van der Waals surface area (Å²) < 4.78 is 0. The Hall–Kier alpha value is -1.70. The standard InChI is InChI=1S/C12H18N2O3/c1-2-3-4-8-13-11(17)14-12(6-5-7-12)9-10(15)16/h4-9H2,1H3,(H,15,16)(H2,13,14,17). The smallest absolute Gasteiger partial charge is 0.315 e. The van der Waals surface area contributed by atoms with E-state index in [2.05, 4.69) is 22.5 Å². The minimum atomic E-state index is -0.873. The lowest BCUT2D eigenvalue weighted by Crippen LogP contribution is -2.57. The fourth-order valence-corrected chi connectivity index (χ4v) is 1.89. The van der Waals surface area contributed by atoms with Gasteiger partial charge in [0, 0.05) is 13.0 Å². The second kappa shape index (κ2) is 6.14. The number of rotatable bonds is 5. The van der Waals surface area contributed by atoms with Crippen molar-refractivity contribution in [3.63, 3.8) is 0 Å². The van der Waals surface area contributed by atoms with E-state index < -0.39 is 11.5 Å². The van der Waals surface area contributed by atoms with Gasteiger partial charge in [0.25, 0.3) is 0 Å². The van der Waals surface area contributed by atoms with Gasteiger partial charge in [-0.2, -0.15) is 0 Å². The minimum Gasteiger partial charge on any atom is -0.481 e. The average Bonchev–Trinajstić information content (AvgIpc) is 2.20. The van der Waals surface area contributed by atoms with Gasteiger partial charge in [0.05, 0.1) is 12.0 Å². The molecule has 1 saturated carbocycles. The van der Waals surface area contributed by atoms with Gasteiger partial charge >= 0.3 is 12.0 Å². The molecule has 0 unspecified atom stereocenters. The van der Waals surface area contributed by atoms with Crippen LogP contribution in [0, 0.1) is 11.8 Å². The molecule has 0 saturated heterocycles. The highest BCUT2D eigenvalue weighted by Crippen LogP contribution is 2.34. The van der Waals surface area contributed by atoms with Crippen molar-refractivity contribution in [1.82, 2.24) is 10.6 Å². The maximum absolute atomic E-state index is 11.5. The number of carboxylic acid groups (broad SMARTS) is 1. The molecular formula is C12H18N2O3. The molecule has 94 valence electrons. The topological polar surface area (TPSA) is 78.4 Å². The summed E-state index contributed by atoms with van der Waals surface area (Å²) in [5.41, 5.74) is -0.535. The Labute approximate surface area is 101 Å². The summed E-state index contributed by atoms with van der Waals surface area (Å²) in [5.74, 6) is 4.71. The molecule has 1 rings (SSSR count). The fourth-order valence-electron chi connectivity index (χ4n) is 1.89. The molecule has 1 aliphatic rings. The number of amides is 2. The first kappa shape index (κ1) is 13.4. The van der Waals surface area contributed by atoms with E-state index in [1.807, 2.05) is 0 Å². The van der Waals surface area contributed by atoms with Gasteiger partial charge in [-0.25, -0.2) is 4.79 Å². The molecule has 0 spiro atoms. The van der Waals surface area contributed by atoms with E-state index in [9.17, 15) is 9.59 Å². The largest absolute Gasteiger partial charge is 0.481 e. The van der Waals surface area contributed by atoms with Crippen LogP contribution in [-0.4, -0.2) is 29.2 Å². The Balaban J connectivity index is 2.32. The molecule has 5 heteroatoms. The van der Waals surface area contributed by atoms with Crippen molar-refractivity contribution in [3.8, 4) is 11.8 Å². The van der Waals surface area contributed by atoms with Crippen molar-refractivity contribution >= 4 is 12.0 Å². The maximum Gasteiger partial charge on any atom is 0.315 e. The van der Waals surface area contributed by atoms with Crippen LogP contribution in [0.1, 0.15) is 39.0 Å². The second-order valence-electron chi connectivity index (χ2n) is 4.26. The van der Waals surface area contributed by atoms with E-state index >= 15 is 0 Å². The first-order valence-corrected chi connectivity index (χ1v) is 5.75. The first-order chi connectivity index (χ1) is 8.08. The van der Waals surface area contributed by atoms with Crippen LogP contribution in [0.5, 0.6) is 0 Å². The zero-order chi connectivity index (χ0) is 12.7. The van der Waals surface area contributed by atoms with E-state index in [1.54, 1.807) is 6.92 Å². The molecule has 1 fully saturated rings. The molecule has 17 heavy (non-hydrogen) atoms. The van der Waals surface area contributed by atoms with Crippen molar-refractivity contribution < 1.29 is 14.7 Å². The third-order valence-corrected chi connectivity index (χ3v) is 2.89. The molecule has 0 aromatic heterocycles. The number of nitrogens with one attached hydrogen (secondary N) is 2. The highest BCUT2D eigenvalue weighted by molar-refractivity contribution is 5.77. The number of carbonyl (C=O) groups is 2. The summed E-state index contributed by atoms with van der Waals surface area (Å²) in [5, 5.41) is 14.2. The molecule has 1 aliphatic carbocycles. The van der Waals surface area contributed by atoms with Crippen molar-refractivity contribution in [2.45, 2.75) is 44.6 Å². The van der Waals surface area contributed by atoms with Crippen LogP contribution in [0.3, 0.4) is 0 Å². The Kier molecular flexibility index (Phi) is 4.83. The van der Waals surface area contributed by atoms with Gasteiger partial charge in [-0.1, -0.05) is 0 Å². The normalized spacial score (nSPS) is 16.1. The lowest BCUT2D eigenvalue weighted by atomic mass is 9.74. The summed E-state index contributed by atoms with van der Waals surface area (Å²) in [4.78, 5) is 22.2. The summed E-state index contributed by atoms with van der Waals surface area (Å²) >= 11 is 0. The summed E-state index contributed by atoms with van der Waals surface area (Å²) in [7, 11) is 0. The monoisotopic (exact) mass is 238 g/mol. The quantitative estimate of drug-likeness (QED) is 0.495. The summed E-state index contributed by atoms with van der Waals surface area (Å²) in [6, 6.07) is -0.302. The van der Waals surface area contributed by atoms with Crippen LogP contribution in [0.15, 0.2) is 0 Å². The summed E-state index contributed by atoms with van der Waals surface area (Å²) in [6.07, 6.45) is 3.04. The predicted octanol–water partition coefficient (Wildman–Crippen LogP) is 1.10. The Morgan fingerprint density at radius 3 is 2.59 bits per heavy atom. The molecule has 0 atom stereocenters. The van der Waals surface area contributed by atoms with Gasteiger partial charge in [0.15, 0.2) is 0 Å². The second-order valence-corrected chi connectivity index (χ2v) is 4.26. The van der Waals surface area contributed by atoms with Crippen LogP contribution < -0.4 is 10.6 Å². The molecule has 0 aromatic carbocycles. The third-order valence-electron chi connectivity index (χ3n) is 2.89. The van der Waals surface area contributed by atoms with Crippen LogP contribution >= 0.6 is 0 Å². The van der Waals surface area contributed by atoms with Gasteiger partial charge in [-0.05, 0) is 26.2 Å². The Morgan fingerprint density at radius 1 is 1.41 bits per heavy atom. The van der Waals surface area contributed by atoms with Crippen molar-refractivity contribution in [2.75, 3.05) is 6.54 Å². The number of hydrogen-bond acceptors (Lipinski definition) is 2. The zero-order valence-corrected chi connectivity index (χ0v) is 10.0. The number of urea groups is 1. The van der Waals surface area contributed by atoms with Gasteiger partial charge in [-0.15, -0.1) is 11.8 Å². The molecule has 0 aromatic rings. The lowest BCUT2D eigenvalue weighted by molar-refractivity contribution is -0.139. The molecule has 0 aliphatic heterocycles. The molecule has 3 N–H and O–H groups in total. The van der Waals surface area contributed by atoms with E-state index in [1.165, 1.54) is 0 Å². The van der Waals surface area contributed by atoms with Crippen molar-refractivity contribution in [2.24, 2.45) is 0 Å².